The van der Waals surface area contributed by atoms with Gasteiger partial charge in [0.2, 0.25) is 5.91 Å². The number of aromatic nitrogens is 2. The van der Waals surface area contributed by atoms with E-state index in [1.54, 1.807) is 30.3 Å². The van der Waals surface area contributed by atoms with Crippen LogP contribution in [0.25, 0.3) is 11.0 Å². The second kappa shape index (κ2) is 6.71. The van der Waals surface area contributed by atoms with Crippen LogP contribution in [0.5, 0.6) is 0 Å². The molecule has 160 valence electrons. The van der Waals surface area contributed by atoms with Gasteiger partial charge in [0, 0.05) is 5.41 Å². The Morgan fingerprint density at radius 1 is 0.903 bits per heavy atom. The van der Waals surface area contributed by atoms with E-state index in [0.29, 0.717) is 48.9 Å². The molecule has 31 heavy (non-hydrogen) atoms. The van der Waals surface area contributed by atoms with Crippen LogP contribution in [0, 0.1) is 5.41 Å². The summed E-state index contributed by atoms with van der Waals surface area (Å²) in [5, 5.41) is 4.56. The van der Waals surface area contributed by atoms with E-state index in [-0.39, 0.29) is 11.3 Å². The van der Waals surface area contributed by atoms with Gasteiger partial charge in [-0.1, -0.05) is 73.2 Å². The van der Waals surface area contributed by atoms with Crippen LogP contribution in [0.2, 0.25) is 20.1 Å². The van der Waals surface area contributed by atoms with Gasteiger partial charge in [-0.3, -0.25) is 4.79 Å². The minimum Gasteiger partial charge on any atom is -0.324 e. The summed E-state index contributed by atoms with van der Waals surface area (Å²) in [6, 6.07) is 8.62. The SMILES string of the molecule is CC12CCC(C(=O)Nc3cccc(Cl)c3Cl)(c3nc4cc(Cl)c(Cl)cc4nc31)C2(C)C. The summed E-state index contributed by atoms with van der Waals surface area (Å²) in [5.41, 5.74) is 1.72. The molecule has 8 heteroatoms. The maximum absolute atomic E-state index is 13.9. The number of halogens is 4. The van der Waals surface area contributed by atoms with Crippen molar-refractivity contribution in [2.75, 3.05) is 5.32 Å². The average molecular weight is 495 g/mol. The predicted molar refractivity (Wildman–Crippen MR) is 127 cm³/mol. The molecule has 5 rings (SSSR count). The van der Waals surface area contributed by atoms with Gasteiger partial charge in [-0.15, -0.1) is 0 Å². The molecular formula is C23H19Cl4N3O. The fourth-order valence-corrected chi connectivity index (χ4v) is 6.09. The Bertz CT molecular complexity index is 1290. The number of carbonyl (C=O) groups excluding carboxylic acids is 1. The predicted octanol–water partition coefficient (Wildman–Crippen LogP) is 7.21. The van der Waals surface area contributed by atoms with Gasteiger partial charge in [0.05, 0.1) is 53.6 Å². The van der Waals surface area contributed by atoms with E-state index >= 15 is 0 Å². The largest absolute Gasteiger partial charge is 0.324 e. The number of anilines is 1. The lowest BCUT2D eigenvalue weighted by atomic mass is 9.63. The van der Waals surface area contributed by atoms with E-state index in [0.717, 1.165) is 12.1 Å². The van der Waals surface area contributed by atoms with Gasteiger partial charge >= 0.3 is 0 Å². The van der Waals surface area contributed by atoms with Crippen LogP contribution in [0.15, 0.2) is 30.3 Å². The van der Waals surface area contributed by atoms with Crippen molar-refractivity contribution in [1.29, 1.82) is 0 Å². The Hall–Kier alpha value is -1.59. The third-order valence-corrected chi connectivity index (χ3v) is 9.21. The van der Waals surface area contributed by atoms with Gasteiger partial charge < -0.3 is 5.32 Å². The van der Waals surface area contributed by atoms with Crippen LogP contribution in [-0.2, 0) is 15.6 Å². The molecule has 1 aromatic heterocycles. The van der Waals surface area contributed by atoms with Crippen LogP contribution < -0.4 is 5.32 Å². The summed E-state index contributed by atoms with van der Waals surface area (Å²) in [5.74, 6) is -0.155. The van der Waals surface area contributed by atoms with Crippen LogP contribution in [0.4, 0.5) is 5.69 Å². The standard InChI is InChI=1S/C23H19Cl4N3O/c1-21(2)22(3)7-8-23(21,20(31)30-14-6-4-5-11(24)17(14)27)19-18(22)28-15-9-12(25)13(26)10-16(15)29-19/h4-6,9-10H,7-8H2,1-3H3,(H,30,31). The monoisotopic (exact) mass is 493 g/mol. The molecule has 3 aromatic rings. The molecule has 4 nitrogen and oxygen atoms in total. The number of nitrogens with one attached hydrogen (secondary N) is 1. The normalized spacial score (nSPS) is 25.6. The van der Waals surface area contributed by atoms with E-state index in [9.17, 15) is 4.79 Å². The van der Waals surface area contributed by atoms with Gasteiger partial charge in [-0.05, 0) is 42.5 Å². The summed E-state index contributed by atoms with van der Waals surface area (Å²) in [7, 11) is 0. The summed E-state index contributed by atoms with van der Waals surface area (Å²) >= 11 is 25.0. The highest BCUT2D eigenvalue weighted by molar-refractivity contribution is 6.44. The first-order valence-electron chi connectivity index (χ1n) is 9.96. The first-order valence-corrected chi connectivity index (χ1v) is 11.5. The zero-order valence-electron chi connectivity index (χ0n) is 17.1. The zero-order valence-corrected chi connectivity index (χ0v) is 20.1. The zero-order chi connectivity index (χ0) is 22.3. The average Bonchev–Trinajstić information content (AvgIpc) is 3.00. The molecule has 1 N–H and O–H groups in total. The maximum atomic E-state index is 13.9. The lowest BCUT2D eigenvalue weighted by Gasteiger charge is -2.39. The van der Waals surface area contributed by atoms with E-state index in [1.807, 2.05) is 0 Å². The Kier molecular flexibility index (Phi) is 4.60. The number of nitrogens with zero attached hydrogens (tertiary/aromatic N) is 2. The van der Waals surface area contributed by atoms with Crippen LogP contribution in [0.3, 0.4) is 0 Å². The molecule has 2 atom stereocenters. The molecule has 1 saturated carbocycles. The Balaban J connectivity index is 1.72. The molecule has 0 aliphatic heterocycles. The highest BCUT2D eigenvalue weighted by atomic mass is 35.5. The third-order valence-electron chi connectivity index (χ3n) is 7.67. The molecule has 2 aliphatic carbocycles. The Labute approximate surface area is 200 Å². The molecule has 0 spiro atoms. The van der Waals surface area contributed by atoms with Gasteiger partial charge in [0.25, 0.3) is 0 Å². The van der Waals surface area contributed by atoms with E-state index < -0.39 is 10.8 Å². The number of hydrogen-bond acceptors (Lipinski definition) is 3. The van der Waals surface area contributed by atoms with Gasteiger partial charge in [0.1, 0.15) is 0 Å². The molecular weight excluding hydrogens is 476 g/mol. The van der Waals surface area contributed by atoms with Crippen molar-refractivity contribution in [2.24, 2.45) is 5.41 Å². The minimum absolute atomic E-state index is 0.155. The van der Waals surface area contributed by atoms with Crippen molar-refractivity contribution in [1.82, 2.24) is 9.97 Å². The molecule has 2 aromatic carbocycles. The van der Waals surface area contributed by atoms with E-state index in [4.69, 9.17) is 56.4 Å². The molecule has 1 heterocycles. The van der Waals surface area contributed by atoms with Crippen LogP contribution in [-0.4, -0.2) is 15.9 Å². The first kappa shape index (κ1) is 21.3. The van der Waals surface area contributed by atoms with E-state index in [1.165, 1.54) is 0 Å². The molecule has 0 radical (unpaired) electrons. The molecule has 0 saturated heterocycles. The number of benzene rings is 2. The number of carbonyl (C=O) groups is 1. The molecule has 2 bridgehead atoms. The highest BCUT2D eigenvalue weighted by Crippen LogP contribution is 2.70. The lowest BCUT2D eigenvalue weighted by Crippen LogP contribution is -2.48. The molecule has 2 aliphatic rings. The third kappa shape index (κ3) is 2.59. The molecule has 1 fully saturated rings. The van der Waals surface area contributed by atoms with E-state index in [2.05, 4.69) is 26.1 Å². The van der Waals surface area contributed by atoms with Crippen molar-refractivity contribution in [3.05, 3.63) is 61.8 Å². The number of amides is 1. The summed E-state index contributed by atoms with van der Waals surface area (Å²) in [6.07, 6.45) is 1.49. The number of fused-ring (bicyclic) bond motifs is 6. The van der Waals surface area contributed by atoms with Crippen molar-refractivity contribution in [2.45, 2.75) is 44.4 Å². The Morgan fingerprint density at radius 2 is 1.52 bits per heavy atom. The van der Waals surface area contributed by atoms with Crippen molar-refractivity contribution in [3.8, 4) is 0 Å². The smallest absolute Gasteiger partial charge is 0.237 e. The second-order valence-corrected chi connectivity index (χ2v) is 10.7. The summed E-state index contributed by atoms with van der Waals surface area (Å²) in [6.45, 7) is 6.40. The maximum Gasteiger partial charge on any atom is 0.237 e. The minimum atomic E-state index is -0.865. The Morgan fingerprint density at radius 3 is 2.16 bits per heavy atom. The second-order valence-electron chi connectivity index (χ2n) is 9.09. The van der Waals surface area contributed by atoms with Crippen LogP contribution in [0.1, 0.15) is 45.0 Å². The van der Waals surface area contributed by atoms with Gasteiger partial charge in [-0.25, -0.2) is 9.97 Å². The first-order chi connectivity index (χ1) is 14.5. The van der Waals surface area contributed by atoms with Crippen LogP contribution >= 0.6 is 46.4 Å². The quantitative estimate of drug-likeness (QED) is 0.409. The van der Waals surface area contributed by atoms with Crippen molar-refractivity contribution >= 4 is 69.0 Å². The van der Waals surface area contributed by atoms with Crippen molar-refractivity contribution < 1.29 is 4.79 Å². The fraction of sp³-hybridized carbons (Fsp3) is 0.348. The van der Waals surface area contributed by atoms with Crippen molar-refractivity contribution in [3.63, 3.8) is 0 Å². The van der Waals surface area contributed by atoms with Gasteiger partial charge in [-0.2, -0.15) is 0 Å². The summed E-state index contributed by atoms with van der Waals surface area (Å²) < 4.78 is 0. The number of hydrogen-bond donors (Lipinski definition) is 1. The summed E-state index contributed by atoms with van der Waals surface area (Å²) in [4.78, 5) is 23.8. The number of rotatable bonds is 2. The molecule has 2 unspecified atom stereocenters. The topological polar surface area (TPSA) is 54.9 Å². The lowest BCUT2D eigenvalue weighted by molar-refractivity contribution is -0.125. The van der Waals surface area contributed by atoms with Gasteiger partial charge in [0.15, 0.2) is 0 Å². The fourth-order valence-electron chi connectivity index (χ4n) is 5.43. The molecule has 1 amide bonds. The highest BCUT2D eigenvalue weighted by Gasteiger charge is 2.73.